The Labute approximate surface area is 158 Å². The van der Waals surface area contributed by atoms with Gasteiger partial charge < -0.3 is 11.1 Å². The minimum Gasteiger partial charge on any atom is -0.382 e. The van der Waals surface area contributed by atoms with E-state index < -0.39 is 0 Å². The lowest BCUT2D eigenvalue weighted by Crippen LogP contribution is -2.34. The number of hydrogen-bond donors (Lipinski definition) is 4. The Bertz CT molecular complexity index is 764. The molecule has 0 saturated carbocycles. The van der Waals surface area contributed by atoms with E-state index in [1.807, 2.05) is 18.7 Å². The summed E-state index contributed by atoms with van der Waals surface area (Å²) >= 11 is 1.85. The smallest absolute Gasteiger partial charge is 0.163 e. The number of nitrogens with zero attached hydrogens (tertiary/aromatic N) is 4. The molecule has 2 heterocycles. The molecule has 26 heavy (non-hydrogen) atoms. The number of nitrogens with one attached hydrogen (secondary N) is 3. The molecule has 0 amide bonds. The first-order chi connectivity index (χ1) is 12.6. The van der Waals surface area contributed by atoms with E-state index in [9.17, 15) is 5.26 Å². The van der Waals surface area contributed by atoms with Crippen molar-refractivity contribution in [1.29, 1.82) is 5.26 Å². The lowest BCUT2D eigenvalue weighted by molar-refractivity contribution is 0.525. The second-order valence-electron chi connectivity index (χ2n) is 5.97. The van der Waals surface area contributed by atoms with Gasteiger partial charge in [0.15, 0.2) is 5.65 Å². The number of aryl methyl sites for hydroxylation is 2. The molecule has 0 aliphatic rings. The van der Waals surface area contributed by atoms with Crippen molar-refractivity contribution in [3.05, 3.63) is 16.8 Å². The van der Waals surface area contributed by atoms with Crippen LogP contribution in [0.2, 0.25) is 0 Å². The zero-order valence-electron chi connectivity index (χ0n) is 15.7. The highest BCUT2D eigenvalue weighted by Crippen LogP contribution is 2.24. The number of nitrogens with two attached hydrogens (primary N) is 1. The zero-order valence-corrected chi connectivity index (χ0v) is 16.5. The van der Waals surface area contributed by atoms with Crippen LogP contribution in [0.1, 0.15) is 36.6 Å². The van der Waals surface area contributed by atoms with Crippen LogP contribution in [0.5, 0.6) is 0 Å². The van der Waals surface area contributed by atoms with Gasteiger partial charge in [0.05, 0.1) is 5.69 Å². The van der Waals surface area contributed by atoms with Crippen molar-refractivity contribution in [3.8, 4) is 6.07 Å². The predicted octanol–water partition coefficient (Wildman–Crippen LogP) is 1.70. The Balaban J connectivity index is 1.95. The summed E-state index contributed by atoms with van der Waals surface area (Å²) in [6, 6.07) is 2.14. The molecule has 0 aliphatic carbocycles. The summed E-state index contributed by atoms with van der Waals surface area (Å²) in [5.74, 6) is 2.02. The molecule has 0 bridgehead atoms. The van der Waals surface area contributed by atoms with Gasteiger partial charge in [0, 0.05) is 25.2 Å². The molecule has 142 valence electrons. The maximum atomic E-state index is 9.46. The highest BCUT2D eigenvalue weighted by atomic mass is 32.2. The Morgan fingerprint density at radius 2 is 1.96 bits per heavy atom. The number of rotatable bonds is 11. The highest BCUT2D eigenvalue weighted by molar-refractivity contribution is 7.98. The third kappa shape index (κ3) is 4.78. The van der Waals surface area contributed by atoms with Crippen molar-refractivity contribution in [2.75, 3.05) is 42.7 Å². The van der Waals surface area contributed by atoms with Gasteiger partial charge in [-0.2, -0.15) is 26.6 Å². The van der Waals surface area contributed by atoms with E-state index >= 15 is 0 Å². The molecule has 0 aliphatic heterocycles. The van der Waals surface area contributed by atoms with Crippen molar-refractivity contribution in [1.82, 2.24) is 25.4 Å². The topological polar surface area (TPSA) is 116 Å². The molecule has 0 aromatic carbocycles. The number of anilines is 2. The van der Waals surface area contributed by atoms with E-state index in [0.29, 0.717) is 23.7 Å². The summed E-state index contributed by atoms with van der Waals surface area (Å²) in [7, 11) is 0. The highest BCUT2D eigenvalue weighted by Gasteiger charge is 2.17. The third-order valence-corrected chi connectivity index (χ3v) is 4.80. The van der Waals surface area contributed by atoms with E-state index in [1.54, 1.807) is 4.52 Å². The monoisotopic (exact) mass is 376 g/mol. The molecule has 9 heteroatoms. The predicted molar refractivity (Wildman–Crippen MR) is 108 cm³/mol. The third-order valence-electron chi connectivity index (χ3n) is 4.11. The summed E-state index contributed by atoms with van der Waals surface area (Å²) in [5, 5.41) is 17.1. The van der Waals surface area contributed by atoms with Crippen LogP contribution in [0, 0.1) is 18.3 Å². The number of hydrogen-bond acceptors (Lipinski definition) is 8. The first-order valence-corrected chi connectivity index (χ1v) is 10.3. The van der Waals surface area contributed by atoms with Crippen LogP contribution in [-0.4, -0.2) is 46.2 Å². The molecule has 2 aromatic rings. The molecule has 2 aromatic heterocycles. The zero-order chi connectivity index (χ0) is 18.9. The standard InChI is InChI=1S/C17H28N8S/c1-4-13-12(2)24-25-15(19)14(11-18)16(23-17(13)25)20-7-5-8-21-22-9-6-10-26-3/h21-22H,4-10,19H2,1-3H3,(H,20,23). The molecule has 0 radical (unpaired) electrons. The summed E-state index contributed by atoms with van der Waals surface area (Å²) < 4.78 is 1.57. The Hall–Kier alpha value is -2.02. The fourth-order valence-electron chi connectivity index (χ4n) is 2.74. The van der Waals surface area contributed by atoms with Gasteiger partial charge in [0.25, 0.3) is 0 Å². The minimum absolute atomic E-state index is 0.330. The maximum absolute atomic E-state index is 9.46. The second-order valence-corrected chi connectivity index (χ2v) is 6.95. The summed E-state index contributed by atoms with van der Waals surface area (Å²) in [5.41, 5.74) is 15.6. The van der Waals surface area contributed by atoms with E-state index in [4.69, 9.17) is 5.73 Å². The second kappa shape index (κ2) is 10.2. The average Bonchev–Trinajstić information content (AvgIpc) is 2.96. The average molecular weight is 377 g/mol. The van der Waals surface area contributed by atoms with Gasteiger partial charge in [-0.1, -0.05) is 6.92 Å². The van der Waals surface area contributed by atoms with E-state index in [1.165, 1.54) is 0 Å². The number of fused-ring (bicyclic) bond motifs is 1. The number of aromatic nitrogens is 3. The molecule has 2 rings (SSSR count). The molecule has 0 unspecified atom stereocenters. The summed E-state index contributed by atoms with van der Waals surface area (Å²) in [4.78, 5) is 4.61. The van der Waals surface area contributed by atoms with Crippen LogP contribution in [0.4, 0.5) is 11.6 Å². The van der Waals surface area contributed by atoms with Gasteiger partial charge in [0.1, 0.15) is 23.3 Å². The fourth-order valence-corrected chi connectivity index (χ4v) is 3.17. The van der Waals surface area contributed by atoms with Crippen LogP contribution in [0.3, 0.4) is 0 Å². The summed E-state index contributed by atoms with van der Waals surface area (Å²) in [6.45, 7) is 6.49. The molecular formula is C17H28N8S. The molecule has 0 spiro atoms. The van der Waals surface area contributed by atoms with Crippen molar-refractivity contribution in [2.45, 2.75) is 33.1 Å². The normalized spacial score (nSPS) is 11.0. The number of nitriles is 1. The fraction of sp³-hybridized carbons (Fsp3) is 0.588. The van der Waals surface area contributed by atoms with Crippen LogP contribution in [0.25, 0.3) is 5.65 Å². The van der Waals surface area contributed by atoms with Gasteiger partial charge in [-0.25, -0.2) is 4.98 Å². The van der Waals surface area contributed by atoms with Crippen molar-refractivity contribution in [2.24, 2.45) is 0 Å². The molecule has 0 saturated heterocycles. The number of hydrazine groups is 1. The Morgan fingerprint density at radius 1 is 1.23 bits per heavy atom. The van der Waals surface area contributed by atoms with Crippen molar-refractivity contribution in [3.63, 3.8) is 0 Å². The molecule has 8 nitrogen and oxygen atoms in total. The molecule has 0 fully saturated rings. The quantitative estimate of drug-likeness (QED) is 0.346. The van der Waals surface area contributed by atoms with E-state index in [2.05, 4.69) is 45.5 Å². The van der Waals surface area contributed by atoms with E-state index in [0.717, 1.165) is 55.0 Å². The van der Waals surface area contributed by atoms with Gasteiger partial charge in [0.2, 0.25) is 0 Å². The van der Waals surface area contributed by atoms with Crippen LogP contribution in [0.15, 0.2) is 0 Å². The SMILES string of the molecule is CCc1c(C)nn2c(N)c(C#N)c(NCCCNNCCCSC)nc12. The maximum Gasteiger partial charge on any atom is 0.163 e. The lowest BCUT2D eigenvalue weighted by Gasteiger charge is -2.11. The van der Waals surface area contributed by atoms with Crippen molar-refractivity contribution >= 4 is 29.0 Å². The van der Waals surface area contributed by atoms with Gasteiger partial charge in [-0.15, -0.1) is 0 Å². The van der Waals surface area contributed by atoms with Gasteiger partial charge >= 0.3 is 0 Å². The van der Waals surface area contributed by atoms with Crippen LogP contribution in [-0.2, 0) is 6.42 Å². The van der Waals surface area contributed by atoms with Gasteiger partial charge in [-0.3, -0.25) is 10.9 Å². The summed E-state index contributed by atoms with van der Waals surface area (Å²) in [6.07, 6.45) is 4.97. The minimum atomic E-state index is 0.330. The van der Waals surface area contributed by atoms with Crippen molar-refractivity contribution < 1.29 is 0 Å². The molecular weight excluding hydrogens is 348 g/mol. The molecule has 0 atom stereocenters. The number of nitrogen functional groups attached to an aromatic ring is 1. The lowest BCUT2D eigenvalue weighted by atomic mass is 10.2. The van der Waals surface area contributed by atoms with Crippen LogP contribution >= 0.6 is 11.8 Å². The largest absolute Gasteiger partial charge is 0.382 e. The Kier molecular flexibility index (Phi) is 7.97. The van der Waals surface area contributed by atoms with Crippen LogP contribution < -0.4 is 21.9 Å². The Morgan fingerprint density at radius 3 is 2.62 bits per heavy atom. The number of thioether (sulfide) groups is 1. The molecule has 5 N–H and O–H groups in total. The van der Waals surface area contributed by atoms with E-state index in [-0.39, 0.29) is 0 Å². The first-order valence-electron chi connectivity index (χ1n) is 8.90. The first kappa shape index (κ1) is 20.3. The van der Waals surface area contributed by atoms with Gasteiger partial charge in [-0.05, 0) is 38.2 Å².